The Hall–Kier alpha value is -2.91. The van der Waals surface area contributed by atoms with E-state index in [0.717, 1.165) is 54.0 Å². The highest BCUT2D eigenvalue weighted by atomic mass is 32.2. The number of amides is 1. The first kappa shape index (κ1) is 25.7. The van der Waals surface area contributed by atoms with Gasteiger partial charge >= 0.3 is 0 Å². The lowest BCUT2D eigenvalue weighted by Crippen LogP contribution is -2.32. The van der Waals surface area contributed by atoms with Crippen LogP contribution in [0.25, 0.3) is 0 Å². The van der Waals surface area contributed by atoms with Gasteiger partial charge in [-0.1, -0.05) is 49.4 Å². The molecule has 0 spiro atoms. The molecule has 0 fully saturated rings. The van der Waals surface area contributed by atoms with Crippen LogP contribution in [-0.4, -0.2) is 36.6 Å². The predicted octanol–water partition coefficient (Wildman–Crippen LogP) is 4.40. The van der Waals surface area contributed by atoms with Crippen LogP contribution in [0.5, 0.6) is 0 Å². The Labute approximate surface area is 204 Å². The van der Waals surface area contributed by atoms with Crippen molar-refractivity contribution >= 4 is 33.2 Å². The average molecular weight is 500 g/mol. The highest BCUT2D eigenvalue weighted by Gasteiger charge is 2.23. The topological polar surface area (TPSA) is 100 Å². The first-order valence-electron chi connectivity index (χ1n) is 11.2. The van der Waals surface area contributed by atoms with E-state index in [-0.39, 0.29) is 21.7 Å². The number of sulfone groups is 1. The zero-order valence-corrected chi connectivity index (χ0v) is 21.2. The van der Waals surface area contributed by atoms with Crippen molar-refractivity contribution in [1.29, 1.82) is 0 Å². The molecule has 0 aliphatic carbocycles. The third-order valence-corrected chi connectivity index (χ3v) is 7.98. The fraction of sp³-hybridized carbons (Fsp3) is 0.320. The number of benzene rings is 2. The zero-order chi connectivity index (χ0) is 24.7. The molecule has 34 heavy (non-hydrogen) atoms. The Morgan fingerprint density at radius 3 is 2.47 bits per heavy atom. The first-order valence-corrected chi connectivity index (χ1v) is 13.7. The Morgan fingerprint density at radius 1 is 1.12 bits per heavy atom. The number of aromatic amines is 1. The third-order valence-electron chi connectivity index (χ3n) is 5.35. The molecule has 0 unspecified atom stereocenters. The molecule has 0 bridgehead atoms. The van der Waals surface area contributed by atoms with E-state index in [0.29, 0.717) is 6.54 Å². The number of aromatic nitrogens is 2. The minimum absolute atomic E-state index is 0.0485. The highest BCUT2D eigenvalue weighted by Crippen LogP contribution is 2.21. The van der Waals surface area contributed by atoms with Crippen molar-refractivity contribution in [3.8, 4) is 0 Å². The van der Waals surface area contributed by atoms with Gasteiger partial charge in [0, 0.05) is 12.2 Å². The summed E-state index contributed by atoms with van der Waals surface area (Å²) in [6.45, 7) is 6.45. The second kappa shape index (κ2) is 11.5. The Kier molecular flexibility index (Phi) is 8.68. The summed E-state index contributed by atoms with van der Waals surface area (Å²) in [7, 11) is -4.00. The molecule has 1 amide bonds. The molecule has 180 valence electrons. The minimum Gasteiger partial charge on any atom is -0.312 e. The van der Waals surface area contributed by atoms with E-state index < -0.39 is 20.3 Å². The number of H-pyrrole nitrogens is 1. The number of hydrogen-bond acceptors (Lipinski definition) is 6. The number of carbonyl (C=O) groups excluding carboxylic acids is 1. The molecule has 1 N–H and O–H groups in total. The first-order chi connectivity index (χ1) is 16.3. The summed E-state index contributed by atoms with van der Waals surface area (Å²) in [4.78, 5) is 33.2. The van der Waals surface area contributed by atoms with E-state index in [2.05, 4.69) is 16.9 Å². The number of nitrogens with one attached hydrogen (secondary N) is 1. The molecule has 0 aliphatic rings. The number of anilines is 1. The van der Waals surface area contributed by atoms with Crippen LogP contribution in [0.2, 0.25) is 0 Å². The molecule has 0 aliphatic heterocycles. The van der Waals surface area contributed by atoms with E-state index >= 15 is 0 Å². The van der Waals surface area contributed by atoms with Gasteiger partial charge in [-0.2, -0.15) is 0 Å². The van der Waals surface area contributed by atoms with Crippen LogP contribution < -0.4 is 10.5 Å². The number of hydrogen-bond donors (Lipinski definition) is 1. The van der Waals surface area contributed by atoms with Gasteiger partial charge in [-0.25, -0.2) is 13.4 Å². The summed E-state index contributed by atoms with van der Waals surface area (Å²) in [6.07, 6.45) is 4.02. The van der Waals surface area contributed by atoms with Crippen LogP contribution >= 0.6 is 11.8 Å². The van der Waals surface area contributed by atoms with Crippen LogP contribution in [0.3, 0.4) is 0 Å². The summed E-state index contributed by atoms with van der Waals surface area (Å²) in [5, 5.41) is 0.188. The highest BCUT2D eigenvalue weighted by molar-refractivity contribution is 7.99. The Morgan fingerprint density at radius 2 is 1.85 bits per heavy atom. The largest absolute Gasteiger partial charge is 0.312 e. The van der Waals surface area contributed by atoms with Crippen LogP contribution in [-0.2, 0) is 21.1 Å². The molecule has 1 heterocycles. The minimum atomic E-state index is -4.00. The standard InChI is InChI=1S/C25H29N3O4S2/c1-4-6-9-19-11-13-21(14-12-19)34(31,32)22-16-26-25(27-24(22)30)33-17-23(29)28(5-2)20-10-7-8-18(3)15-20/h7-8,10-16H,4-6,9,17H2,1-3H3,(H,26,27,30). The van der Waals surface area contributed by atoms with Crippen molar-refractivity contribution in [3.05, 3.63) is 76.2 Å². The SMILES string of the molecule is CCCCc1ccc(S(=O)(=O)c2cnc(SCC(=O)N(CC)c3cccc(C)c3)[nH]c2=O)cc1. The molecule has 3 aromatic rings. The van der Waals surface area contributed by atoms with Crippen molar-refractivity contribution in [2.24, 2.45) is 0 Å². The fourth-order valence-corrected chi connectivity index (χ4v) is 5.42. The van der Waals surface area contributed by atoms with Gasteiger partial charge in [0.1, 0.15) is 0 Å². The normalized spacial score (nSPS) is 11.4. The maximum atomic E-state index is 12.9. The molecule has 9 heteroatoms. The van der Waals surface area contributed by atoms with Crippen LogP contribution in [0, 0.1) is 6.92 Å². The third kappa shape index (κ3) is 6.15. The molecule has 1 aromatic heterocycles. The van der Waals surface area contributed by atoms with Gasteiger partial charge in [0.05, 0.1) is 16.8 Å². The fourth-order valence-electron chi connectivity index (χ4n) is 3.48. The molecular weight excluding hydrogens is 470 g/mol. The van der Waals surface area contributed by atoms with Crippen molar-refractivity contribution in [1.82, 2.24) is 9.97 Å². The van der Waals surface area contributed by atoms with Crippen molar-refractivity contribution in [2.45, 2.75) is 55.0 Å². The van der Waals surface area contributed by atoms with Crippen LogP contribution in [0.4, 0.5) is 5.69 Å². The zero-order valence-electron chi connectivity index (χ0n) is 19.6. The summed E-state index contributed by atoms with van der Waals surface area (Å²) in [6, 6.07) is 14.2. The van der Waals surface area contributed by atoms with Gasteiger partial charge < -0.3 is 9.88 Å². The molecule has 0 atom stereocenters. The van der Waals surface area contributed by atoms with Crippen molar-refractivity contribution < 1.29 is 13.2 Å². The second-order valence-electron chi connectivity index (χ2n) is 7.90. The lowest BCUT2D eigenvalue weighted by Gasteiger charge is -2.21. The van der Waals surface area contributed by atoms with E-state index in [9.17, 15) is 18.0 Å². The van der Waals surface area contributed by atoms with Crippen LogP contribution in [0.15, 0.2) is 74.5 Å². The number of aryl methyl sites for hydroxylation is 2. The summed E-state index contributed by atoms with van der Waals surface area (Å²) in [5.41, 5.74) is 2.15. The number of carbonyl (C=O) groups is 1. The molecule has 0 saturated heterocycles. The molecule has 3 rings (SSSR count). The molecule has 7 nitrogen and oxygen atoms in total. The quantitative estimate of drug-likeness (QED) is 0.328. The average Bonchev–Trinajstić information content (AvgIpc) is 2.82. The van der Waals surface area contributed by atoms with E-state index in [1.54, 1.807) is 17.0 Å². The molecule has 2 aromatic carbocycles. The van der Waals surface area contributed by atoms with E-state index in [4.69, 9.17) is 0 Å². The lowest BCUT2D eigenvalue weighted by molar-refractivity contribution is -0.116. The smallest absolute Gasteiger partial charge is 0.270 e. The van der Waals surface area contributed by atoms with Gasteiger partial charge in [-0.3, -0.25) is 9.59 Å². The van der Waals surface area contributed by atoms with E-state index in [1.807, 2.05) is 38.1 Å². The Balaban J connectivity index is 1.72. The number of nitrogens with zero attached hydrogens (tertiary/aromatic N) is 2. The van der Waals surface area contributed by atoms with Gasteiger partial charge in [-0.15, -0.1) is 0 Å². The maximum Gasteiger partial charge on any atom is 0.270 e. The van der Waals surface area contributed by atoms with Crippen molar-refractivity contribution in [3.63, 3.8) is 0 Å². The number of rotatable bonds is 10. The summed E-state index contributed by atoms with van der Waals surface area (Å²) >= 11 is 1.06. The van der Waals surface area contributed by atoms with Gasteiger partial charge in [0.15, 0.2) is 10.1 Å². The Bertz CT molecular complexity index is 1300. The number of unbranched alkanes of at least 4 members (excludes halogenated alkanes) is 1. The van der Waals surface area contributed by atoms with Crippen LogP contribution in [0.1, 0.15) is 37.8 Å². The van der Waals surface area contributed by atoms with Gasteiger partial charge in [-0.05, 0) is 62.1 Å². The van der Waals surface area contributed by atoms with E-state index in [1.165, 1.54) is 12.1 Å². The second-order valence-corrected chi connectivity index (χ2v) is 10.8. The molecule has 0 radical (unpaired) electrons. The summed E-state index contributed by atoms with van der Waals surface area (Å²) in [5.74, 6) is -0.0867. The molecule has 0 saturated carbocycles. The maximum absolute atomic E-state index is 12.9. The van der Waals surface area contributed by atoms with Gasteiger partial charge in [0.2, 0.25) is 15.7 Å². The monoisotopic (exact) mass is 499 g/mol. The van der Waals surface area contributed by atoms with Crippen molar-refractivity contribution in [2.75, 3.05) is 17.2 Å². The predicted molar refractivity (Wildman–Crippen MR) is 135 cm³/mol. The molecular formula is C25H29N3O4S2. The van der Waals surface area contributed by atoms with Gasteiger partial charge in [0.25, 0.3) is 5.56 Å². The summed E-state index contributed by atoms with van der Waals surface area (Å²) < 4.78 is 25.9. The lowest BCUT2D eigenvalue weighted by atomic mass is 10.1. The number of thioether (sulfide) groups is 1.